The van der Waals surface area contributed by atoms with Crippen LogP contribution < -0.4 is 0 Å². The van der Waals surface area contributed by atoms with Crippen LogP contribution in [0.3, 0.4) is 0 Å². The average Bonchev–Trinajstić information content (AvgIpc) is 3.41. The van der Waals surface area contributed by atoms with Crippen molar-refractivity contribution in [1.29, 1.82) is 0 Å². The number of esters is 1. The largest absolute Gasteiger partial charge is 0.458 e. The molecule has 0 bridgehead atoms. The van der Waals surface area contributed by atoms with Gasteiger partial charge in [0.2, 0.25) is 0 Å². The highest BCUT2D eigenvalue weighted by Gasteiger charge is 2.71. The first-order valence-corrected chi connectivity index (χ1v) is 13.2. The fourth-order valence-corrected chi connectivity index (χ4v) is 7.67. The third-order valence-corrected chi connectivity index (χ3v) is 10.2. The Hall–Kier alpha value is -2.28. The summed E-state index contributed by atoms with van der Waals surface area (Å²) >= 11 is 0. The summed E-state index contributed by atoms with van der Waals surface area (Å²) in [5.74, 6) is 0.211. The lowest BCUT2D eigenvalue weighted by atomic mass is 9.52. The van der Waals surface area contributed by atoms with Gasteiger partial charge in [-0.05, 0) is 80.2 Å². The molecule has 0 radical (unpaired) electrons. The lowest BCUT2D eigenvalue weighted by molar-refractivity contribution is -0.187. The molecule has 0 aromatic heterocycles. The highest BCUT2D eigenvalue weighted by atomic mass is 16.7. The monoisotopic (exact) mass is 492 g/mol. The Kier molecular flexibility index (Phi) is 5.26. The fraction of sp³-hybridized carbons (Fsp3) is 0.600. The van der Waals surface area contributed by atoms with E-state index in [-0.39, 0.29) is 41.2 Å². The van der Waals surface area contributed by atoms with Crippen LogP contribution in [-0.2, 0) is 30.2 Å². The Bertz CT molecular complexity index is 1200. The van der Waals surface area contributed by atoms with Crippen LogP contribution >= 0.6 is 0 Å². The summed E-state index contributed by atoms with van der Waals surface area (Å²) in [5, 5.41) is 10.5. The van der Waals surface area contributed by atoms with Gasteiger partial charge in [0.15, 0.2) is 12.1 Å². The topological polar surface area (TPSA) is 85.4 Å². The number of carbonyl (C=O) groups is 2. The van der Waals surface area contributed by atoms with Crippen molar-refractivity contribution < 1.29 is 28.9 Å². The highest BCUT2D eigenvalue weighted by Crippen LogP contribution is 2.59. The van der Waals surface area contributed by atoms with Crippen LogP contribution in [0.5, 0.6) is 0 Å². The van der Waals surface area contributed by atoms with Crippen molar-refractivity contribution in [3.8, 4) is 0 Å². The van der Waals surface area contributed by atoms with Crippen molar-refractivity contribution in [2.45, 2.75) is 102 Å². The molecule has 6 heteroatoms. The number of hydrogen-bond acceptors (Lipinski definition) is 6. The Morgan fingerprint density at radius 3 is 2.75 bits per heavy atom. The minimum Gasteiger partial charge on any atom is -0.458 e. The average molecular weight is 493 g/mol. The number of benzene rings is 1. The van der Waals surface area contributed by atoms with Crippen molar-refractivity contribution in [2.24, 2.45) is 11.3 Å². The summed E-state index contributed by atoms with van der Waals surface area (Å²) in [6.07, 6.45) is 7.27. The van der Waals surface area contributed by atoms with Crippen LogP contribution in [0.15, 0.2) is 42.0 Å². The van der Waals surface area contributed by atoms with Crippen LogP contribution in [0, 0.1) is 11.3 Å². The first-order chi connectivity index (χ1) is 17.0. The van der Waals surface area contributed by atoms with Gasteiger partial charge in [0.05, 0.1) is 11.5 Å². The summed E-state index contributed by atoms with van der Waals surface area (Å²) < 4.78 is 17.7. The maximum absolute atomic E-state index is 13.3. The predicted octanol–water partition coefficient (Wildman–Crippen LogP) is 4.50. The lowest BCUT2D eigenvalue weighted by Crippen LogP contribution is -2.51. The zero-order valence-electron chi connectivity index (χ0n) is 21.7. The fourth-order valence-electron chi connectivity index (χ4n) is 7.67. The number of fused-ring (bicyclic) bond motifs is 6. The molecule has 0 amide bonds. The zero-order valence-corrected chi connectivity index (χ0v) is 21.7. The summed E-state index contributed by atoms with van der Waals surface area (Å²) in [7, 11) is 0. The Balaban J connectivity index is 1.30. The van der Waals surface area contributed by atoms with Gasteiger partial charge in [-0.15, -0.1) is 0 Å². The molecular weight excluding hydrogens is 456 g/mol. The molecule has 3 fully saturated rings. The van der Waals surface area contributed by atoms with Gasteiger partial charge in [-0.25, -0.2) is 0 Å². The number of rotatable bonds is 3. The molecule has 1 aromatic rings. The van der Waals surface area contributed by atoms with E-state index in [0.29, 0.717) is 6.42 Å². The van der Waals surface area contributed by atoms with E-state index < -0.39 is 23.4 Å². The molecule has 2 aliphatic heterocycles. The standard InChI is InChI=1S/C30H36O6/c1-16(25-15-28(3)30(5,36-28)27(33)35-25)18-9-11-20-19(13-18)10-12-22-21(20)14-24(34-17(2)31)23-7-6-8-26(32)29(22,23)4/h6-9,11,13,16,21-22,24-25,27,33H,10,12,14-15H2,1-5H3/t16-,21-,22-,24-,25+,27+,28-,29+,30+/m0/s1. The Morgan fingerprint density at radius 2 is 2.03 bits per heavy atom. The van der Waals surface area contributed by atoms with Gasteiger partial charge in [-0.2, -0.15) is 0 Å². The minimum absolute atomic E-state index is 0.102. The van der Waals surface area contributed by atoms with E-state index in [9.17, 15) is 14.7 Å². The van der Waals surface area contributed by atoms with Crippen LogP contribution in [0.25, 0.3) is 0 Å². The first-order valence-electron chi connectivity index (χ1n) is 13.2. The number of ether oxygens (including phenoxy) is 3. The molecule has 1 saturated carbocycles. The van der Waals surface area contributed by atoms with E-state index in [1.807, 2.05) is 19.9 Å². The van der Waals surface area contributed by atoms with Gasteiger partial charge in [-0.3, -0.25) is 9.59 Å². The third-order valence-electron chi connectivity index (χ3n) is 10.2. The summed E-state index contributed by atoms with van der Waals surface area (Å²) in [6, 6.07) is 6.67. The van der Waals surface area contributed by atoms with E-state index in [1.54, 1.807) is 12.2 Å². The number of hydrogen-bond donors (Lipinski definition) is 1. The number of ketones is 1. The van der Waals surface area contributed by atoms with Crippen LogP contribution in [0.4, 0.5) is 0 Å². The molecule has 9 atom stereocenters. The second kappa shape index (κ2) is 7.86. The van der Waals surface area contributed by atoms with Gasteiger partial charge in [0, 0.05) is 19.3 Å². The van der Waals surface area contributed by atoms with E-state index in [0.717, 1.165) is 24.8 Å². The van der Waals surface area contributed by atoms with Crippen LogP contribution in [0.2, 0.25) is 0 Å². The summed E-state index contributed by atoms with van der Waals surface area (Å²) in [6.45, 7) is 9.60. The molecule has 0 spiro atoms. The molecule has 6 nitrogen and oxygen atoms in total. The second-order valence-corrected chi connectivity index (χ2v) is 12.1. The van der Waals surface area contributed by atoms with Gasteiger partial charge in [-0.1, -0.05) is 37.3 Å². The van der Waals surface area contributed by atoms with E-state index in [2.05, 4.69) is 32.0 Å². The number of aryl methyl sites for hydroxylation is 1. The molecule has 1 N–H and O–H groups in total. The van der Waals surface area contributed by atoms with Crippen molar-refractivity contribution in [3.63, 3.8) is 0 Å². The Morgan fingerprint density at radius 1 is 1.25 bits per heavy atom. The molecule has 2 saturated heterocycles. The predicted molar refractivity (Wildman–Crippen MR) is 133 cm³/mol. The van der Waals surface area contributed by atoms with Gasteiger partial charge >= 0.3 is 5.97 Å². The van der Waals surface area contributed by atoms with Crippen LogP contribution in [-0.4, -0.2) is 46.6 Å². The van der Waals surface area contributed by atoms with Crippen molar-refractivity contribution >= 4 is 11.8 Å². The van der Waals surface area contributed by atoms with E-state index >= 15 is 0 Å². The van der Waals surface area contributed by atoms with Crippen molar-refractivity contribution in [1.82, 2.24) is 0 Å². The quantitative estimate of drug-likeness (QED) is 0.494. The number of carbonyl (C=O) groups excluding carboxylic acids is 2. The molecule has 36 heavy (non-hydrogen) atoms. The lowest BCUT2D eigenvalue weighted by Gasteiger charge is -2.52. The van der Waals surface area contributed by atoms with E-state index in [1.165, 1.54) is 23.6 Å². The molecule has 1 aromatic carbocycles. The van der Waals surface area contributed by atoms with E-state index in [4.69, 9.17) is 14.2 Å². The van der Waals surface area contributed by atoms with Crippen molar-refractivity contribution in [3.05, 3.63) is 58.7 Å². The molecular formula is C30H36O6. The maximum atomic E-state index is 13.3. The summed E-state index contributed by atoms with van der Waals surface area (Å²) in [5.41, 5.74) is 3.08. The van der Waals surface area contributed by atoms with Crippen molar-refractivity contribution in [2.75, 3.05) is 0 Å². The second-order valence-electron chi connectivity index (χ2n) is 12.1. The molecule has 0 unspecified atom stereocenters. The number of epoxide rings is 1. The first kappa shape index (κ1) is 24.1. The molecule has 2 heterocycles. The normalized spacial score (nSPS) is 43.3. The number of aliphatic hydroxyl groups is 1. The molecule has 5 aliphatic rings. The van der Waals surface area contributed by atoms with Gasteiger partial charge in [0.25, 0.3) is 0 Å². The maximum Gasteiger partial charge on any atom is 0.303 e. The molecule has 3 aliphatic carbocycles. The minimum atomic E-state index is -0.924. The molecule has 6 rings (SSSR count). The third kappa shape index (κ3) is 3.27. The van der Waals surface area contributed by atoms with Gasteiger partial charge in [0.1, 0.15) is 17.3 Å². The highest BCUT2D eigenvalue weighted by molar-refractivity contribution is 5.99. The zero-order chi connectivity index (χ0) is 25.6. The Labute approximate surface area is 212 Å². The smallest absolute Gasteiger partial charge is 0.303 e. The molecule has 192 valence electrons. The number of allylic oxidation sites excluding steroid dienone is 3. The SMILES string of the molecule is CC(=O)O[C@H]1C[C@H]2c3ccc([C@H](C)[C@H]4C[C@]5(C)O[C@]5(C)[C@H](O)O4)cc3CC[C@@H]2[C@@]2(C)C(=O)C=CC=C12. The summed E-state index contributed by atoms with van der Waals surface area (Å²) in [4.78, 5) is 25.2. The van der Waals surface area contributed by atoms with Crippen LogP contribution in [0.1, 0.15) is 82.4 Å². The van der Waals surface area contributed by atoms with Gasteiger partial charge < -0.3 is 19.3 Å². The number of aliphatic hydroxyl groups excluding tert-OH is 1.